The summed E-state index contributed by atoms with van der Waals surface area (Å²) in [5.41, 5.74) is 6.84. The average molecular weight is 483 g/mol. The van der Waals surface area contributed by atoms with Gasteiger partial charge in [0.05, 0.1) is 34.0 Å². The second kappa shape index (κ2) is 6.73. The maximum Gasteiger partial charge on any atom is 0.330 e. The molecule has 9 nitrogen and oxygen atoms in total. The quantitative estimate of drug-likeness (QED) is 0.690. The molecule has 34 heavy (non-hydrogen) atoms. The number of nitrogens with one attached hydrogen (secondary N) is 1. The van der Waals surface area contributed by atoms with Crippen molar-refractivity contribution in [2.45, 2.75) is 50.2 Å². The van der Waals surface area contributed by atoms with Gasteiger partial charge < -0.3 is 15.8 Å². The molecule has 0 spiro atoms. The number of carbonyl (C=O) groups excluding carboxylic acids is 1. The van der Waals surface area contributed by atoms with Crippen LogP contribution >= 0.6 is 11.6 Å². The second-order valence-corrected chi connectivity index (χ2v) is 11.4. The summed E-state index contributed by atoms with van der Waals surface area (Å²) in [7, 11) is 1.75. The Hall–Kier alpha value is -2.65. The van der Waals surface area contributed by atoms with Crippen LogP contribution in [0.1, 0.15) is 38.5 Å². The first kappa shape index (κ1) is 20.7. The van der Waals surface area contributed by atoms with Crippen molar-refractivity contribution in [1.82, 2.24) is 19.1 Å². The van der Waals surface area contributed by atoms with Crippen LogP contribution in [-0.4, -0.2) is 37.7 Å². The zero-order chi connectivity index (χ0) is 23.4. The Balaban J connectivity index is 1.31. The summed E-state index contributed by atoms with van der Waals surface area (Å²) in [5, 5.41) is 3.84. The predicted molar refractivity (Wildman–Crippen MR) is 126 cm³/mol. The molecular weight excluding hydrogens is 456 g/mol. The number of aryl methyl sites for hydroxylation is 1. The topological polar surface area (TPSA) is 117 Å². The molecule has 0 radical (unpaired) electrons. The van der Waals surface area contributed by atoms with Crippen molar-refractivity contribution in [3.63, 3.8) is 0 Å². The van der Waals surface area contributed by atoms with Gasteiger partial charge in [-0.2, -0.15) is 4.98 Å². The number of aromatic nitrogens is 4. The Bertz CT molecular complexity index is 1360. The van der Waals surface area contributed by atoms with Gasteiger partial charge in [-0.1, -0.05) is 17.7 Å². The number of hydrogen-bond acceptors (Lipinski definition) is 6. The molecule has 1 aliphatic heterocycles. The van der Waals surface area contributed by atoms with E-state index in [1.54, 1.807) is 17.8 Å². The Labute approximate surface area is 201 Å². The van der Waals surface area contributed by atoms with E-state index in [1.807, 2.05) is 10.6 Å². The highest BCUT2D eigenvalue weighted by molar-refractivity contribution is 6.32. The maximum atomic E-state index is 13.5. The number of nitrogens with two attached hydrogens (primary N) is 1. The molecular formula is C24H27ClN6O3. The smallest absolute Gasteiger partial charge is 0.330 e. The fraction of sp³-hybridized carbons (Fsp3) is 0.583. The van der Waals surface area contributed by atoms with Gasteiger partial charge in [0.15, 0.2) is 5.65 Å². The van der Waals surface area contributed by atoms with Crippen molar-refractivity contribution in [2.24, 2.45) is 36.0 Å². The Morgan fingerprint density at radius 3 is 2.76 bits per heavy atom. The number of carbonyl (C=O) groups is 1. The van der Waals surface area contributed by atoms with E-state index in [2.05, 4.69) is 16.4 Å². The second-order valence-electron chi connectivity index (χ2n) is 11.0. The van der Waals surface area contributed by atoms with Crippen molar-refractivity contribution >= 4 is 34.6 Å². The SMILES string of the molecule is Cn1c(=O)n(C23CC4CC(C(N)=O)(CC4C2)C3)c2nc(NC3=CC4CCOC4C=C3Cl)ncc21. The van der Waals surface area contributed by atoms with E-state index in [4.69, 9.17) is 27.1 Å². The van der Waals surface area contributed by atoms with E-state index in [0.717, 1.165) is 44.4 Å². The lowest BCUT2D eigenvalue weighted by Crippen LogP contribution is -2.51. The minimum atomic E-state index is -0.507. The van der Waals surface area contributed by atoms with E-state index < -0.39 is 11.0 Å². The number of allylic oxidation sites excluding steroid dienone is 1. The molecule has 4 saturated carbocycles. The number of halogens is 1. The van der Waals surface area contributed by atoms with Crippen LogP contribution in [0.25, 0.3) is 11.2 Å². The van der Waals surface area contributed by atoms with Crippen LogP contribution in [-0.2, 0) is 22.1 Å². The van der Waals surface area contributed by atoms with Crippen molar-refractivity contribution in [1.29, 1.82) is 0 Å². The molecule has 1 amide bonds. The van der Waals surface area contributed by atoms with Crippen LogP contribution in [0, 0.1) is 23.2 Å². The number of primary amides is 1. The van der Waals surface area contributed by atoms with Crippen LogP contribution in [0.5, 0.6) is 0 Å². The molecule has 0 aromatic carbocycles. The van der Waals surface area contributed by atoms with E-state index in [9.17, 15) is 9.59 Å². The summed E-state index contributed by atoms with van der Waals surface area (Å²) < 4.78 is 9.15. The highest BCUT2D eigenvalue weighted by Gasteiger charge is 2.66. The lowest BCUT2D eigenvalue weighted by Gasteiger charge is -2.44. The first-order valence-electron chi connectivity index (χ1n) is 12.0. The fourth-order valence-corrected chi connectivity index (χ4v) is 7.99. The monoisotopic (exact) mass is 482 g/mol. The third-order valence-corrected chi connectivity index (χ3v) is 9.43. The first-order valence-corrected chi connectivity index (χ1v) is 12.4. The van der Waals surface area contributed by atoms with E-state index >= 15 is 0 Å². The number of anilines is 1. The zero-order valence-electron chi connectivity index (χ0n) is 19.0. The van der Waals surface area contributed by atoms with Gasteiger partial charge in [0.2, 0.25) is 11.9 Å². The average Bonchev–Trinajstić information content (AvgIpc) is 3.48. The van der Waals surface area contributed by atoms with Gasteiger partial charge in [0, 0.05) is 19.6 Å². The number of imidazole rings is 1. The zero-order valence-corrected chi connectivity index (χ0v) is 19.7. The van der Waals surface area contributed by atoms with Gasteiger partial charge in [-0.3, -0.25) is 13.9 Å². The number of ether oxygens (including phenoxy) is 1. The third-order valence-electron chi connectivity index (χ3n) is 9.10. The summed E-state index contributed by atoms with van der Waals surface area (Å²) in [6, 6.07) is 0. The van der Waals surface area contributed by atoms with Gasteiger partial charge in [0.1, 0.15) is 5.52 Å². The molecule has 10 heteroatoms. The number of nitrogens with zero attached hydrogens (tertiary/aromatic N) is 4. The molecule has 4 atom stereocenters. The molecule has 1 saturated heterocycles. The first-order chi connectivity index (χ1) is 16.3. The van der Waals surface area contributed by atoms with Crippen LogP contribution in [0.15, 0.2) is 33.9 Å². The molecule has 2 aromatic rings. The summed E-state index contributed by atoms with van der Waals surface area (Å²) in [5.74, 6) is 1.30. The van der Waals surface area contributed by atoms with E-state index in [0.29, 0.717) is 40.4 Å². The highest BCUT2D eigenvalue weighted by Crippen LogP contribution is 2.68. The predicted octanol–water partition coefficient (Wildman–Crippen LogP) is 2.36. The van der Waals surface area contributed by atoms with E-state index in [-0.39, 0.29) is 23.6 Å². The number of amides is 1. The van der Waals surface area contributed by atoms with Crippen LogP contribution < -0.4 is 16.7 Å². The lowest BCUT2D eigenvalue weighted by atomic mass is 9.65. The third kappa shape index (κ3) is 2.65. The Morgan fingerprint density at radius 2 is 2.03 bits per heavy atom. The number of rotatable bonds is 4. The molecule has 178 valence electrons. The highest BCUT2D eigenvalue weighted by atomic mass is 35.5. The summed E-state index contributed by atoms with van der Waals surface area (Å²) >= 11 is 6.51. The van der Waals surface area contributed by atoms with Crippen molar-refractivity contribution in [3.8, 4) is 0 Å². The molecule has 2 aromatic heterocycles. The van der Waals surface area contributed by atoms with Gasteiger partial charge in [-0.15, -0.1) is 0 Å². The van der Waals surface area contributed by atoms with Gasteiger partial charge >= 0.3 is 5.69 Å². The lowest BCUT2D eigenvalue weighted by molar-refractivity contribution is -0.132. The number of fused-ring (bicyclic) bond motifs is 2. The normalized spacial score (nSPS) is 37.7. The van der Waals surface area contributed by atoms with Crippen molar-refractivity contribution in [3.05, 3.63) is 39.6 Å². The van der Waals surface area contributed by atoms with Crippen molar-refractivity contribution in [2.75, 3.05) is 11.9 Å². The number of hydrogen-bond donors (Lipinski definition) is 2. The van der Waals surface area contributed by atoms with Gasteiger partial charge in [-0.25, -0.2) is 9.78 Å². The molecule has 5 fully saturated rings. The van der Waals surface area contributed by atoms with Crippen molar-refractivity contribution < 1.29 is 9.53 Å². The molecule has 3 N–H and O–H groups in total. The maximum absolute atomic E-state index is 13.5. The molecule has 3 heterocycles. The Morgan fingerprint density at radius 1 is 1.26 bits per heavy atom. The largest absolute Gasteiger partial charge is 0.373 e. The standard InChI is InChI=1S/C24H27ClN6O3/c1-30-17-10-27-21(28-16-4-12-2-3-34-18(12)5-15(16)25)29-19(17)31(22(30)33)24-8-13-6-23(11-24,20(26)32)7-14(13)9-24/h4-5,10,12-14,18H,2-3,6-9,11H2,1H3,(H2,26,32)(H,27,28,29). The molecule has 4 bridgehead atoms. The summed E-state index contributed by atoms with van der Waals surface area (Å²) in [6.45, 7) is 0.718. The van der Waals surface area contributed by atoms with E-state index in [1.165, 1.54) is 0 Å². The van der Waals surface area contributed by atoms with Gasteiger partial charge in [0.25, 0.3) is 0 Å². The fourth-order valence-electron chi connectivity index (χ4n) is 7.75. The minimum absolute atomic E-state index is 0.0190. The van der Waals surface area contributed by atoms with Crippen LogP contribution in [0.4, 0.5) is 5.95 Å². The molecule has 4 unspecified atom stereocenters. The summed E-state index contributed by atoms with van der Waals surface area (Å²) in [4.78, 5) is 35.3. The molecule has 5 aliphatic carbocycles. The Kier molecular flexibility index (Phi) is 4.09. The van der Waals surface area contributed by atoms with Gasteiger partial charge in [-0.05, 0) is 56.4 Å². The van der Waals surface area contributed by atoms with Crippen LogP contribution in [0.3, 0.4) is 0 Å². The molecule has 6 aliphatic rings. The summed E-state index contributed by atoms with van der Waals surface area (Å²) in [6.07, 6.45) is 10.7. The van der Waals surface area contributed by atoms with Crippen LogP contribution in [0.2, 0.25) is 0 Å². The molecule has 8 rings (SSSR count). The minimum Gasteiger partial charge on any atom is -0.373 e.